The van der Waals surface area contributed by atoms with Gasteiger partial charge in [-0.3, -0.25) is 9.78 Å². The van der Waals surface area contributed by atoms with Crippen molar-refractivity contribution in [3.8, 4) is 0 Å². The summed E-state index contributed by atoms with van der Waals surface area (Å²) in [6.07, 6.45) is 2.96. The van der Waals surface area contributed by atoms with E-state index in [4.69, 9.17) is 5.73 Å². The molecule has 2 aromatic rings. The molecule has 0 bridgehead atoms. The lowest BCUT2D eigenvalue weighted by atomic mass is 9.85. The Morgan fingerprint density at radius 1 is 1.22 bits per heavy atom. The van der Waals surface area contributed by atoms with Crippen LogP contribution >= 0.6 is 0 Å². The van der Waals surface area contributed by atoms with Gasteiger partial charge in [0.15, 0.2) is 5.78 Å². The number of fused-ring (bicyclic) bond motifs is 1. The van der Waals surface area contributed by atoms with Gasteiger partial charge in [0.25, 0.3) is 0 Å². The predicted octanol–water partition coefficient (Wildman–Crippen LogP) is 2.94. The van der Waals surface area contributed by atoms with Crippen LogP contribution in [0.25, 0.3) is 10.9 Å². The normalized spacial score (nSPS) is 11.7. The Balaban J connectivity index is 2.58. The molecule has 0 amide bonds. The maximum atomic E-state index is 12.6. The summed E-state index contributed by atoms with van der Waals surface area (Å²) in [5.41, 5.74) is 6.76. The van der Waals surface area contributed by atoms with Gasteiger partial charge in [-0.05, 0) is 25.0 Å². The molecule has 3 heteroatoms. The van der Waals surface area contributed by atoms with Crippen LogP contribution in [0.2, 0.25) is 0 Å². The summed E-state index contributed by atoms with van der Waals surface area (Å²) in [6.45, 7) is 3.89. The standard InChI is InChI=1S/C15H18N2O/c1-3-15(16,4-2)14(18)12-9-5-7-11-8-6-10-17-13(11)12/h5-10H,3-4,16H2,1-2H3. The van der Waals surface area contributed by atoms with Crippen LogP contribution < -0.4 is 5.73 Å². The number of Topliss-reactive ketones (excluding diaryl/α,β-unsaturated/α-hetero) is 1. The Morgan fingerprint density at radius 3 is 2.56 bits per heavy atom. The number of nitrogens with two attached hydrogens (primary N) is 1. The molecule has 0 radical (unpaired) electrons. The van der Waals surface area contributed by atoms with Gasteiger partial charge in [0, 0.05) is 17.1 Å². The zero-order valence-electron chi connectivity index (χ0n) is 10.8. The Hall–Kier alpha value is -1.74. The molecule has 1 heterocycles. The average molecular weight is 242 g/mol. The molecule has 1 aromatic heterocycles. The number of aromatic nitrogens is 1. The highest BCUT2D eigenvalue weighted by Crippen LogP contribution is 2.23. The van der Waals surface area contributed by atoms with Crippen LogP contribution in [-0.2, 0) is 0 Å². The second-order valence-electron chi connectivity index (χ2n) is 4.57. The molecule has 0 aliphatic rings. The first-order valence-corrected chi connectivity index (χ1v) is 6.30. The number of carbonyl (C=O) groups is 1. The summed E-state index contributed by atoms with van der Waals surface area (Å²) < 4.78 is 0. The molecule has 0 unspecified atom stereocenters. The lowest BCUT2D eigenvalue weighted by molar-refractivity contribution is 0.0881. The molecule has 0 aliphatic heterocycles. The topological polar surface area (TPSA) is 56.0 Å². The zero-order chi connectivity index (χ0) is 13.2. The molecule has 0 aliphatic carbocycles. The fourth-order valence-corrected chi connectivity index (χ4v) is 2.13. The van der Waals surface area contributed by atoms with Crippen LogP contribution in [0.5, 0.6) is 0 Å². The van der Waals surface area contributed by atoms with Crippen molar-refractivity contribution in [1.29, 1.82) is 0 Å². The first-order valence-electron chi connectivity index (χ1n) is 6.30. The van der Waals surface area contributed by atoms with E-state index in [1.54, 1.807) is 6.20 Å². The van der Waals surface area contributed by atoms with E-state index in [9.17, 15) is 4.79 Å². The minimum Gasteiger partial charge on any atom is -0.319 e. The zero-order valence-corrected chi connectivity index (χ0v) is 10.8. The summed E-state index contributed by atoms with van der Waals surface area (Å²) >= 11 is 0. The molecular formula is C15H18N2O. The van der Waals surface area contributed by atoms with E-state index < -0.39 is 5.54 Å². The van der Waals surface area contributed by atoms with E-state index in [0.717, 1.165) is 10.9 Å². The van der Waals surface area contributed by atoms with Crippen LogP contribution in [0.3, 0.4) is 0 Å². The van der Waals surface area contributed by atoms with Crippen molar-refractivity contribution in [3.05, 3.63) is 42.1 Å². The highest BCUT2D eigenvalue weighted by atomic mass is 16.1. The minimum absolute atomic E-state index is 0.0169. The molecule has 0 saturated carbocycles. The van der Waals surface area contributed by atoms with Gasteiger partial charge < -0.3 is 5.73 Å². The molecule has 0 fully saturated rings. The van der Waals surface area contributed by atoms with E-state index in [1.165, 1.54) is 0 Å². The van der Waals surface area contributed by atoms with Crippen LogP contribution in [0.4, 0.5) is 0 Å². The van der Waals surface area contributed by atoms with Gasteiger partial charge in [0.2, 0.25) is 0 Å². The highest BCUT2D eigenvalue weighted by molar-refractivity contribution is 6.11. The summed E-state index contributed by atoms with van der Waals surface area (Å²) in [5, 5.41) is 0.970. The number of rotatable bonds is 4. The van der Waals surface area contributed by atoms with Gasteiger partial charge in [-0.1, -0.05) is 32.0 Å². The Morgan fingerprint density at radius 2 is 1.89 bits per heavy atom. The number of ketones is 1. The summed E-state index contributed by atoms with van der Waals surface area (Å²) in [6, 6.07) is 9.46. The average Bonchev–Trinajstić information content (AvgIpc) is 2.45. The van der Waals surface area contributed by atoms with Gasteiger partial charge in [-0.25, -0.2) is 0 Å². The molecule has 1 aromatic carbocycles. The third-order valence-corrected chi connectivity index (χ3v) is 3.59. The minimum atomic E-state index is -0.786. The van der Waals surface area contributed by atoms with E-state index in [1.807, 2.05) is 44.2 Å². The number of hydrogen-bond acceptors (Lipinski definition) is 3. The lowest BCUT2D eigenvalue weighted by Crippen LogP contribution is -2.46. The molecular weight excluding hydrogens is 224 g/mol. The number of pyridine rings is 1. The number of nitrogens with zero attached hydrogens (tertiary/aromatic N) is 1. The molecule has 3 nitrogen and oxygen atoms in total. The van der Waals surface area contributed by atoms with Crippen molar-refractivity contribution in [2.45, 2.75) is 32.2 Å². The molecule has 0 spiro atoms. The van der Waals surface area contributed by atoms with Crippen LogP contribution in [0.15, 0.2) is 36.5 Å². The summed E-state index contributed by atoms with van der Waals surface area (Å²) in [5.74, 6) is -0.0169. The third-order valence-electron chi connectivity index (χ3n) is 3.59. The van der Waals surface area contributed by atoms with E-state index >= 15 is 0 Å². The van der Waals surface area contributed by atoms with Crippen molar-refractivity contribution in [3.63, 3.8) is 0 Å². The molecule has 18 heavy (non-hydrogen) atoms. The molecule has 0 atom stereocenters. The van der Waals surface area contributed by atoms with Crippen LogP contribution in [0.1, 0.15) is 37.0 Å². The SMILES string of the molecule is CCC(N)(CC)C(=O)c1cccc2cccnc12. The second kappa shape index (κ2) is 4.86. The van der Waals surface area contributed by atoms with E-state index in [-0.39, 0.29) is 5.78 Å². The largest absolute Gasteiger partial charge is 0.319 e. The highest BCUT2D eigenvalue weighted by Gasteiger charge is 2.31. The predicted molar refractivity (Wildman–Crippen MR) is 73.6 cm³/mol. The lowest BCUT2D eigenvalue weighted by Gasteiger charge is -2.25. The van der Waals surface area contributed by atoms with Crippen molar-refractivity contribution in [1.82, 2.24) is 4.98 Å². The van der Waals surface area contributed by atoms with Gasteiger partial charge in [0.1, 0.15) is 0 Å². The Labute approximate surface area is 107 Å². The molecule has 0 saturated heterocycles. The first-order chi connectivity index (χ1) is 8.62. The summed E-state index contributed by atoms with van der Waals surface area (Å²) in [4.78, 5) is 16.9. The molecule has 2 rings (SSSR count). The second-order valence-corrected chi connectivity index (χ2v) is 4.57. The first kappa shape index (κ1) is 12.7. The van der Waals surface area contributed by atoms with Crippen LogP contribution in [-0.4, -0.2) is 16.3 Å². The number of benzene rings is 1. The van der Waals surface area contributed by atoms with Crippen molar-refractivity contribution >= 4 is 16.7 Å². The van der Waals surface area contributed by atoms with E-state index in [2.05, 4.69) is 4.98 Å². The monoisotopic (exact) mass is 242 g/mol. The van der Waals surface area contributed by atoms with Gasteiger partial charge in [-0.15, -0.1) is 0 Å². The molecule has 2 N–H and O–H groups in total. The summed E-state index contributed by atoms with van der Waals surface area (Å²) in [7, 11) is 0. The Kier molecular flexibility index (Phi) is 3.43. The van der Waals surface area contributed by atoms with Gasteiger partial charge >= 0.3 is 0 Å². The van der Waals surface area contributed by atoms with Gasteiger partial charge in [-0.2, -0.15) is 0 Å². The Bertz CT molecular complexity index is 568. The molecule has 94 valence electrons. The van der Waals surface area contributed by atoms with Crippen molar-refractivity contribution < 1.29 is 4.79 Å². The fourth-order valence-electron chi connectivity index (χ4n) is 2.13. The van der Waals surface area contributed by atoms with Crippen LogP contribution in [0, 0.1) is 0 Å². The van der Waals surface area contributed by atoms with E-state index in [0.29, 0.717) is 18.4 Å². The number of hydrogen-bond donors (Lipinski definition) is 1. The fraction of sp³-hybridized carbons (Fsp3) is 0.333. The number of carbonyl (C=O) groups excluding carboxylic acids is 1. The van der Waals surface area contributed by atoms with Crippen molar-refractivity contribution in [2.75, 3.05) is 0 Å². The maximum Gasteiger partial charge on any atom is 0.184 e. The maximum absolute atomic E-state index is 12.6. The van der Waals surface area contributed by atoms with Crippen molar-refractivity contribution in [2.24, 2.45) is 5.73 Å². The quantitative estimate of drug-likeness (QED) is 0.839. The number of para-hydroxylation sites is 1. The smallest absolute Gasteiger partial charge is 0.184 e. The third kappa shape index (κ3) is 2.02. The van der Waals surface area contributed by atoms with Gasteiger partial charge in [0.05, 0.1) is 11.1 Å².